The van der Waals surface area contributed by atoms with Gasteiger partial charge in [-0.25, -0.2) is 4.39 Å². The molecule has 0 spiro atoms. The predicted octanol–water partition coefficient (Wildman–Crippen LogP) is 3.97. The molecular weight excluding hydrogens is 460 g/mol. The van der Waals surface area contributed by atoms with Crippen molar-refractivity contribution in [1.29, 1.82) is 0 Å². The largest absolute Gasteiger partial charge is 0.487 e. The maximum absolute atomic E-state index is 13.2. The first-order chi connectivity index (χ1) is 16.7. The Balaban J connectivity index is 0.000000234. The minimum Gasteiger partial charge on any atom is -0.487 e. The number of aliphatic hydroxyl groups is 1. The molecule has 4 N–H and O–H groups in total. The zero-order valence-electron chi connectivity index (χ0n) is 20.2. The lowest BCUT2D eigenvalue weighted by molar-refractivity contribution is -0.126. The van der Waals surface area contributed by atoms with Crippen LogP contribution in [0.5, 0.6) is 5.75 Å². The summed E-state index contributed by atoms with van der Waals surface area (Å²) in [6, 6.07) is 6.88. The van der Waals surface area contributed by atoms with Gasteiger partial charge in [-0.2, -0.15) is 4.39 Å². The second kappa shape index (κ2) is 13.7. The van der Waals surface area contributed by atoms with Gasteiger partial charge in [0.05, 0.1) is 12.2 Å². The number of carbonyl (C=O) groups excluding carboxylic acids is 2. The minimum atomic E-state index is -0.959. The molecule has 2 heterocycles. The van der Waals surface area contributed by atoms with Crippen LogP contribution in [-0.2, 0) is 9.53 Å². The van der Waals surface area contributed by atoms with Gasteiger partial charge in [0, 0.05) is 18.3 Å². The van der Waals surface area contributed by atoms with Crippen molar-refractivity contribution in [3.05, 3.63) is 53.9 Å². The second-order valence-corrected chi connectivity index (χ2v) is 8.05. The fourth-order valence-corrected chi connectivity index (χ4v) is 3.64. The third-order valence-electron chi connectivity index (χ3n) is 5.37. The lowest BCUT2D eigenvalue weighted by Gasteiger charge is -2.13. The fraction of sp³-hybridized carbons (Fsp3) is 0.480. The number of hydrogen-bond donors (Lipinski definition) is 3. The number of nitrogens with two attached hydrogens (primary N) is 1. The van der Waals surface area contributed by atoms with E-state index in [4.69, 9.17) is 15.2 Å². The molecular formula is C25H33F2N3O5. The third-order valence-corrected chi connectivity index (χ3v) is 5.37. The maximum Gasteiger partial charge on any atom is 0.267 e. The van der Waals surface area contributed by atoms with Crippen molar-refractivity contribution >= 4 is 17.5 Å². The number of anilines is 1. The molecule has 0 bridgehead atoms. The van der Waals surface area contributed by atoms with E-state index < -0.39 is 23.6 Å². The van der Waals surface area contributed by atoms with Crippen molar-refractivity contribution in [2.24, 2.45) is 5.73 Å². The van der Waals surface area contributed by atoms with Crippen LogP contribution in [0.2, 0.25) is 0 Å². The summed E-state index contributed by atoms with van der Waals surface area (Å²) in [5.74, 6) is -2.78. The smallest absolute Gasteiger partial charge is 0.267 e. The Morgan fingerprint density at radius 2 is 1.91 bits per heavy atom. The van der Waals surface area contributed by atoms with E-state index in [-0.39, 0.29) is 35.7 Å². The van der Waals surface area contributed by atoms with E-state index in [1.807, 2.05) is 20.8 Å². The fourth-order valence-electron chi connectivity index (χ4n) is 3.64. The summed E-state index contributed by atoms with van der Waals surface area (Å²) in [6.45, 7) is 5.94. The first-order valence-electron chi connectivity index (χ1n) is 11.7. The number of benzene rings is 1. The van der Waals surface area contributed by atoms with Crippen LogP contribution in [0, 0.1) is 11.6 Å². The monoisotopic (exact) mass is 493 g/mol. The Morgan fingerprint density at radius 3 is 2.51 bits per heavy atom. The summed E-state index contributed by atoms with van der Waals surface area (Å²) in [4.78, 5) is 26.6. The summed E-state index contributed by atoms with van der Waals surface area (Å²) in [5.41, 5.74) is 5.73. The van der Waals surface area contributed by atoms with Gasteiger partial charge in [0.2, 0.25) is 5.82 Å². The molecule has 1 saturated heterocycles. The summed E-state index contributed by atoms with van der Waals surface area (Å²) in [6.07, 6.45) is 3.91. The Kier molecular flexibility index (Phi) is 11.0. The number of halogens is 2. The van der Waals surface area contributed by atoms with Gasteiger partial charge in [0.25, 0.3) is 11.8 Å². The van der Waals surface area contributed by atoms with E-state index >= 15 is 0 Å². The van der Waals surface area contributed by atoms with Crippen LogP contribution in [-0.4, -0.2) is 46.3 Å². The van der Waals surface area contributed by atoms with Gasteiger partial charge >= 0.3 is 0 Å². The topological polar surface area (TPSA) is 124 Å². The summed E-state index contributed by atoms with van der Waals surface area (Å²) < 4.78 is 36.8. The van der Waals surface area contributed by atoms with Crippen LogP contribution in [0.15, 0.2) is 36.5 Å². The van der Waals surface area contributed by atoms with E-state index in [1.165, 1.54) is 24.4 Å². The number of hydrogen-bond acceptors (Lipinski definition) is 6. The van der Waals surface area contributed by atoms with Crippen LogP contribution >= 0.6 is 0 Å². The van der Waals surface area contributed by atoms with Gasteiger partial charge in [-0.3, -0.25) is 14.6 Å². The number of rotatable bonds is 5. The zero-order valence-corrected chi connectivity index (χ0v) is 20.2. The highest BCUT2D eigenvalue weighted by atomic mass is 19.2. The molecule has 4 unspecified atom stereocenters. The molecule has 1 aliphatic carbocycles. The molecule has 192 valence electrons. The summed E-state index contributed by atoms with van der Waals surface area (Å²) >= 11 is 0. The van der Waals surface area contributed by atoms with Crippen LogP contribution in [0.4, 0.5) is 14.5 Å². The highest BCUT2D eigenvalue weighted by Gasteiger charge is 2.28. The number of aliphatic hydroxyl groups excluding tert-OH is 1. The molecule has 2 aromatic rings. The highest BCUT2D eigenvalue weighted by molar-refractivity contribution is 5.96. The van der Waals surface area contributed by atoms with Crippen LogP contribution in [0.25, 0.3) is 0 Å². The lowest BCUT2D eigenvalue weighted by Crippen LogP contribution is -2.28. The number of pyridine rings is 1. The molecule has 1 aromatic carbocycles. The average Bonchev–Trinajstić information content (AvgIpc) is 3.47. The molecule has 1 saturated carbocycles. The number of primary amides is 1. The van der Waals surface area contributed by atoms with Crippen molar-refractivity contribution in [3.63, 3.8) is 0 Å². The van der Waals surface area contributed by atoms with Crippen molar-refractivity contribution in [1.82, 2.24) is 4.98 Å². The standard InChI is InChI=1S/C12H15N3O3.C11H12F2O2.C2H6/c1-7-2-3-10(18-7)12(17)15-8-4-5-14-9(6-8)11(13)16;12-9-2-1-3-10(11(9)13)15-8-5-4-7(14)6-8;1-2/h4-7,10H,2-3H2,1H3,(H2,13,16)(H,14,15,17);1-3,7-8,14H,4-6H2;1-2H3. The van der Waals surface area contributed by atoms with E-state index in [2.05, 4.69) is 10.3 Å². The van der Waals surface area contributed by atoms with E-state index in [9.17, 15) is 23.5 Å². The molecule has 0 radical (unpaired) electrons. The molecule has 1 aromatic heterocycles. The van der Waals surface area contributed by atoms with Crippen molar-refractivity contribution in [2.45, 2.75) is 77.3 Å². The van der Waals surface area contributed by atoms with Gasteiger partial charge in [0.1, 0.15) is 17.9 Å². The molecule has 2 aliphatic rings. The number of aromatic nitrogens is 1. The van der Waals surface area contributed by atoms with Crippen molar-refractivity contribution in [2.75, 3.05) is 5.32 Å². The van der Waals surface area contributed by atoms with Gasteiger partial charge in [-0.05, 0) is 56.9 Å². The van der Waals surface area contributed by atoms with Crippen LogP contribution in [0.3, 0.4) is 0 Å². The van der Waals surface area contributed by atoms with Gasteiger partial charge in [-0.1, -0.05) is 19.9 Å². The Bertz CT molecular complexity index is 991. The normalized spacial score (nSPS) is 22.8. The maximum atomic E-state index is 13.2. The molecule has 2 amide bonds. The van der Waals surface area contributed by atoms with E-state index in [0.717, 1.165) is 12.5 Å². The van der Waals surface area contributed by atoms with Crippen LogP contribution in [0.1, 0.15) is 63.4 Å². The Morgan fingerprint density at radius 1 is 1.17 bits per heavy atom. The van der Waals surface area contributed by atoms with Gasteiger partial charge < -0.3 is 25.6 Å². The Hall–Kier alpha value is -3.11. The summed E-state index contributed by atoms with van der Waals surface area (Å²) in [7, 11) is 0. The zero-order chi connectivity index (χ0) is 26.0. The highest BCUT2D eigenvalue weighted by Crippen LogP contribution is 2.27. The first-order valence-corrected chi connectivity index (χ1v) is 11.7. The van der Waals surface area contributed by atoms with Gasteiger partial charge in [-0.15, -0.1) is 0 Å². The van der Waals surface area contributed by atoms with Gasteiger partial charge in [0.15, 0.2) is 11.6 Å². The molecule has 1 aliphatic heterocycles. The third kappa shape index (κ3) is 8.56. The van der Waals surface area contributed by atoms with Crippen LogP contribution < -0.4 is 15.8 Å². The van der Waals surface area contributed by atoms with Crippen molar-refractivity contribution in [3.8, 4) is 5.75 Å². The number of amides is 2. The first kappa shape index (κ1) is 28.1. The Labute approximate surface area is 203 Å². The molecule has 10 heteroatoms. The molecule has 4 rings (SSSR count). The number of nitrogens with one attached hydrogen (secondary N) is 1. The SMILES string of the molecule is CC.CC1CCC(C(=O)Nc2ccnc(C(N)=O)c2)O1.OC1CCC(Oc2cccc(F)c2F)C1. The minimum absolute atomic E-state index is 0.0749. The molecule has 8 nitrogen and oxygen atoms in total. The summed E-state index contributed by atoms with van der Waals surface area (Å²) in [5, 5.41) is 11.9. The lowest BCUT2D eigenvalue weighted by atomic mass is 10.2. The second-order valence-electron chi connectivity index (χ2n) is 8.05. The predicted molar refractivity (Wildman–Crippen MR) is 127 cm³/mol. The average molecular weight is 494 g/mol. The van der Waals surface area contributed by atoms with Crippen molar-refractivity contribution < 1.29 is 33.0 Å². The molecule has 2 fully saturated rings. The number of ether oxygens (including phenoxy) is 2. The molecule has 35 heavy (non-hydrogen) atoms. The number of carbonyl (C=O) groups is 2. The van der Waals surface area contributed by atoms with E-state index in [1.54, 1.807) is 6.07 Å². The number of nitrogens with zero attached hydrogens (tertiary/aromatic N) is 1. The quantitative estimate of drug-likeness (QED) is 0.579. The molecule has 4 atom stereocenters. The van der Waals surface area contributed by atoms with E-state index in [0.29, 0.717) is 31.4 Å².